The molecule has 0 saturated heterocycles. The molecule has 26 heavy (non-hydrogen) atoms. The summed E-state index contributed by atoms with van der Waals surface area (Å²) in [5.74, 6) is 0.499. The van der Waals surface area contributed by atoms with Crippen molar-refractivity contribution >= 4 is 27.3 Å². The number of anilines is 1. The zero-order chi connectivity index (χ0) is 18.7. The molecule has 0 atom stereocenters. The first-order valence-electron chi connectivity index (χ1n) is 8.54. The molecule has 8 heteroatoms. The summed E-state index contributed by atoms with van der Waals surface area (Å²) in [6.07, 6.45) is 6.56. The van der Waals surface area contributed by atoms with Gasteiger partial charge in [-0.25, -0.2) is 8.42 Å². The molecule has 2 aromatic rings. The predicted octanol–water partition coefficient (Wildman–Crippen LogP) is 3.29. The number of aliphatic hydroxyl groups excluding tert-OH is 1. The summed E-state index contributed by atoms with van der Waals surface area (Å²) in [5, 5.41) is 13.7. The first kappa shape index (κ1) is 19.1. The molecule has 1 heterocycles. The molecule has 3 N–H and O–H groups in total. The lowest BCUT2D eigenvalue weighted by atomic mass is 9.93. The van der Waals surface area contributed by atoms with Gasteiger partial charge in [0.05, 0.1) is 28.8 Å². The van der Waals surface area contributed by atoms with E-state index in [1.165, 1.54) is 18.9 Å². The summed E-state index contributed by atoms with van der Waals surface area (Å²) in [7, 11) is -2.09. The van der Waals surface area contributed by atoms with Crippen molar-refractivity contribution in [2.45, 2.75) is 52.6 Å². The molecule has 1 aliphatic rings. The summed E-state index contributed by atoms with van der Waals surface area (Å²) in [5.41, 5.74) is 0.770. The van der Waals surface area contributed by atoms with E-state index in [9.17, 15) is 13.5 Å². The number of aromatic nitrogens is 1. The quantitative estimate of drug-likeness (QED) is 0.649. The van der Waals surface area contributed by atoms with Crippen LogP contribution in [-0.4, -0.2) is 44.0 Å². The monoisotopic (exact) mass is 396 g/mol. The van der Waals surface area contributed by atoms with Crippen LogP contribution in [0.25, 0.3) is 0 Å². The van der Waals surface area contributed by atoms with Crippen molar-refractivity contribution in [3.63, 3.8) is 0 Å². The van der Waals surface area contributed by atoms with Crippen molar-refractivity contribution in [1.82, 2.24) is 4.98 Å². The van der Waals surface area contributed by atoms with Crippen LogP contribution in [0.5, 0.6) is 5.75 Å². The zero-order valence-corrected chi connectivity index (χ0v) is 16.5. The molecule has 1 fully saturated rings. The highest BCUT2D eigenvalue weighted by molar-refractivity contribution is 7.99. The van der Waals surface area contributed by atoms with Gasteiger partial charge in [-0.05, 0) is 50.1 Å². The van der Waals surface area contributed by atoms with Gasteiger partial charge in [-0.15, -0.1) is 11.8 Å². The van der Waals surface area contributed by atoms with Gasteiger partial charge in [0.1, 0.15) is 10.6 Å². The second kappa shape index (κ2) is 7.94. The summed E-state index contributed by atoms with van der Waals surface area (Å²) < 4.78 is 31.3. The van der Waals surface area contributed by atoms with E-state index < -0.39 is 9.84 Å². The molecule has 1 aromatic carbocycles. The number of rotatable bonds is 6. The molecule has 142 valence electrons. The molecule has 0 spiro atoms. The van der Waals surface area contributed by atoms with Gasteiger partial charge in [-0.2, -0.15) is 0 Å². The normalized spacial score (nSPS) is 20.7. The Morgan fingerprint density at radius 3 is 2.62 bits per heavy atom. The minimum atomic E-state index is -3.62. The molecular weight excluding hydrogens is 372 g/mol. The van der Waals surface area contributed by atoms with Crippen molar-refractivity contribution in [3.05, 3.63) is 30.5 Å². The highest BCUT2D eigenvalue weighted by Crippen LogP contribution is 2.34. The topological polar surface area (TPSA) is 91.4 Å². The zero-order valence-electron chi connectivity index (χ0n) is 14.9. The number of H-pyrrole nitrogens is 1. The minimum Gasteiger partial charge on any atom is -0.495 e. The van der Waals surface area contributed by atoms with E-state index >= 15 is 0 Å². The maximum absolute atomic E-state index is 12.9. The fourth-order valence-corrected chi connectivity index (χ4v) is 5.58. The lowest BCUT2D eigenvalue weighted by molar-refractivity contribution is 0.126. The van der Waals surface area contributed by atoms with E-state index in [0.717, 1.165) is 31.4 Å². The van der Waals surface area contributed by atoms with E-state index in [1.54, 1.807) is 30.5 Å². The molecule has 0 radical (unpaired) electrons. The number of ether oxygens (including phenoxy) is 1. The third kappa shape index (κ3) is 3.87. The minimum absolute atomic E-state index is 0.203. The number of aliphatic hydroxyl groups is 1. The Morgan fingerprint density at radius 1 is 1.23 bits per heavy atom. The van der Waals surface area contributed by atoms with Gasteiger partial charge in [0, 0.05) is 18.3 Å². The Hall–Kier alpha value is -1.64. The lowest BCUT2D eigenvalue weighted by Gasteiger charge is -2.27. The van der Waals surface area contributed by atoms with E-state index in [4.69, 9.17) is 4.74 Å². The molecule has 1 aromatic heterocycles. The first-order valence-corrected chi connectivity index (χ1v) is 11.3. The fourth-order valence-electron chi connectivity index (χ4n) is 3.24. The first-order chi connectivity index (χ1) is 12.5. The molecule has 3 rings (SSSR count). The third-order valence-corrected chi connectivity index (χ3v) is 7.38. The summed E-state index contributed by atoms with van der Waals surface area (Å²) >= 11 is 1.36. The number of methoxy groups -OCH3 is 1. The number of aromatic amines is 1. The van der Waals surface area contributed by atoms with Crippen molar-refractivity contribution in [2.75, 3.05) is 18.7 Å². The van der Waals surface area contributed by atoms with Crippen LogP contribution in [0.15, 0.2) is 45.3 Å². The molecule has 0 amide bonds. The SMILES string of the molecule is COc1cc(S(=O)(=O)c2cc[nH]c2SC)ccc1NC1CCC(O)CC1. The average Bonchev–Trinajstić information content (AvgIpc) is 3.13. The van der Waals surface area contributed by atoms with Gasteiger partial charge in [0.2, 0.25) is 9.84 Å². The number of thioether (sulfide) groups is 1. The van der Waals surface area contributed by atoms with Crippen molar-refractivity contribution in [3.8, 4) is 5.75 Å². The largest absolute Gasteiger partial charge is 0.495 e. The molecule has 0 aliphatic heterocycles. The summed E-state index contributed by atoms with van der Waals surface area (Å²) in [4.78, 5) is 3.42. The number of benzene rings is 1. The average molecular weight is 397 g/mol. The Labute approximate surface area is 158 Å². The van der Waals surface area contributed by atoms with Crippen LogP contribution in [0, 0.1) is 0 Å². The van der Waals surface area contributed by atoms with Gasteiger partial charge < -0.3 is 20.1 Å². The van der Waals surface area contributed by atoms with Gasteiger partial charge >= 0.3 is 0 Å². The van der Waals surface area contributed by atoms with Gasteiger partial charge in [-0.3, -0.25) is 0 Å². The standard InChI is InChI=1S/C18H24N2O4S2/c1-24-16-11-14(26(22,23)17-9-10-19-18(17)25-2)7-8-15(16)20-12-3-5-13(21)6-4-12/h7-13,19-21H,3-6H2,1-2H3. The van der Waals surface area contributed by atoms with E-state index in [2.05, 4.69) is 10.3 Å². The highest BCUT2D eigenvalue weighted by Gasteiger charge is 2.25. The number of nitrogens with one attached hydrogen (secondary N) is 2. The second-order valence-corrected chi connectivity index (χ2v) is 9.13. The lowest BCUT2D eigenvalue weighted by Crippen LogP contribution is -2.28. The van der Waals surface area contributed by atoms with Crippen LogP contribution in [0.1, 0.15) is 25.7 Å². The van der Waals surface area contributed by atoms with E-state index in [0.29, 0.717) is 10.8 Å². The predicted molar refractivity (Wildman–Crippen MR) is 103 cm³/mol. The van der Waals surface area contributed by atoms with Gasteiger partial charge in [-0.1, -0.05) is 0 Å². The van der Waals surface area contributed by atoms with Crippen LogP contribution < -0.4 is 10.1 Å². The maximum Gasteiger partial charge on any atom is 0.209 e. The smallest absolute Gasteiger partial charge is 0.209 e. The molecule has 6 nitrogen and oxygen atoms in total. The molecule has 1 aliphatic carbocycles. The van der Waals surface area contributed by atoms with Crippen molar-refractivity contribution < 1.29 is 18.3 Å². The Morgan fingerprint density at radius 2 is 1.96 bits per heavy atom. The van der Waals surface area contributed by atoms with E-state index in [-0.39, 0.29) is 21.9 Å². The second-order valence-electron chi connectivity index (χ2n) is 6.39. The Kier molecular flexibility index (Phi) is 5.84. The van der Waals surface area contributed by atoms with Gasteiger partial charge in [0.25, 0.3) is 0 Å². The Bertz CT molecular complexity index is 856. The molecule has 1 saturated carbocycles. The molecular formula is C18H24N2O4S2. The van der Waals surface area contributed by atoms with Crippen LogP contribution in [-0.2, 0) is 9.84 Å². The van der Waals surface area contributed by atoms with Crippen molar-refractivity contribution in [1.29, 1.82) is 0 Å². The fraction of sp³-hybridized carbons (Fsp3) is 0.444. The number of hydrogen-bond acceptors (Lipinski definition) is 6. The van der Waals surface area contributed by atoms with Crippen LogP contribution in [0.2, 0.25) is 0 Å². The number of hydrogen-bond donors (Lipinski definition) is 3. The van der Waals surface area contributed by atoms with Crippen LogP contribution >= 0.6 is 11.8 Å². The van der Waals surface area contributed by atoms with Gasteiger partial charge in [0.15, 0.2) is 0 Å². The van der Waals surface area contributed by atoms with E-state index in [1.807, 2.05) is 6.26 Å². The van der Waals surface area contributed by atoms with Crippen molar-refractivity contribution in [2.24, 2.45) is 0 Å². The Balaban J connectivity index is 1.86. The summed E-state index contributed by atoms with van der Waals surface area (Å²) in [6.45, 7) is 0. The number of sulfone groups is 1. The highest BCUT2D eigenvalue weighted by atomic mass is 32.2. The van der Waals surface area contributed by atoms with Crippen LogP contribution in [0.4, 0.5) is 5.69 Å². The van der Waals surface area contributed by atoms with Crippen LogP contribution in [0.3, 0.4) is 0 Å². The summed E-state index contributed by atoms with van der Waals surface area (Å²) in [6, 6.07) is 6.75. The molecule has 0 bridgehead atoms. The maximum atomic E-state index is 12.9. The molecule has 0 unspecified atom stereocenters. The third-order valence-electron chi connectivity index (χ3n) is 4.71.